The molecule has 0 fully saturated rings. The van der Waals surface area contributed by atoms with Crippen LogP contribution in [-0.4, -0.2) is 29.9 Å². The Hall–Kier alpha value is -3.32. The normalized spacial score (nSPS) is 12.8. The van der Waals surface area contributed by atoms with E-state index in [0.717, 1.165) is 21.9 Å². The molecule has 1 aromatic heterocycles. The molecule has 1 aliphatic rings. The van der Waals surface area contributed by atoms with Crippen LogP contribution in [-0.2, 0) is 11.2 Å². The minimum atomic E-state index is -0.112. The summed E-state index contributed by atoms with van der Waals surface area (Å²) in [7, 11) is 1.61. The van der Waals surface area contributed by atoms with Crippen LogP contribution in [0.3, 0.4) is 0 Å². The maximum absolute atomic E-state index is 13.1. The lowest BCUT2D eigenvalue weighted by atomic mass is 10.1. The lowest BCUT2D eigenvalue weighted by Gasteiger charge is -2.27. The van der Waals surface area contributed by atoms with Crippen LogP contribution in [0.1, 0.15) is 29.8 Å². The Kier molecular flexibility index (Phi) is 5.95. The molecule has 2 aromatic carbocycles. The van der Waals surface area contributed by atoms with Crippen molar-refractivity contribution in [2.24, 2.45) is 0 Å². The van der Waals surface area contributed by atoms with Gasteiger partial charge in [-0.05, 0) is 61.9 Å². The first-order chi connectivity index (χ1) is 15.0. The first kappa shape index (κ1) is 20.9. The average Bonchev–Trinajstić information content (AvgIpc) is 2.88. The lowest BCUT2D eigenvalue weighted by molar-refractivity contribution is -0.115. The summed E-state index contributed by atoms with van der Waals surface area (Å²) in [5.41, 5.74) is 2.98. The van der Waals surface area contributed by atoms with Crippen LogP contribution >= 0.6 is 11.8 Å². The van der Waals surface area contributed by atoms with Gasteiger partial charge in [-0.1, -0.05) is 23.9 Å². The predicted octanol–water partition coefficient (Wildman–Crippen LogP) is 4.79. The van der Waals surface area contributed by atoms with E-state index in [-0.39, 0.29) is 24.3 Å². The Bertz CT molecular complexity index is 1130. The first-order valence-corrected chi connectivity index (χ1v) is 10.8. The molecule has 0 saturated heterocycles. The van der Waals surface area contributed by atoms with Gasteiger partial charge < -0.3 is 15.0 Å². The van der Waals surface area contributed by atoms with Crippen molar-refractivity contribution in [3.63, 3.8) is 0 Å². The fourth-order valence-corrected chi connectivity index (χ4v) is 4.54. The van der Waals surface area contributed by atoms with Gasteiger partial charge in [-0.2, -0.15) is 0 Å². The van der Waals surface area contributed by atoms with E-state index >= 15 is 0 Å². The van der Waals surface area contributed by atoms with E-state index < -0.39 is 0 Å². The molecule has 4 rings (SSSR count). The fourth-order valence-electron chi connectivity index (χ4n) is 3.50. The monoisotopic (exact) mass is 433 g/mol. The summed E-state index contributed by atoms with van der Waals surface area (Å²) >= 11 is 1.44. The van der Waals surface area contributed by atoms with E-state index in [4.69, 9.17) is 4.74 Å². The van der Waals surface area contributed by atoms with Gasteiger partial charge in [0.1, 0.15) is 10.8 Å². The molecule has 1 aliphatic heterocycles. The molecule has 2 heterocycles. The molecular formula is C24H23N3O3S. The number of anilines is 2. The second-order valence-electron chi connectivity index (χ2n) is 7.48. The Morgan fingerprint density at radius 1 is 1.16 bits per heavy atom. The quantitative estimate of drug-likeness (QED) is 0.626. The molecule has 0 bridgehead atoms. The molecule has 0 saturated carbocycles. The molecule has 2 amide bonds. The Morgan fingerprint density at radius 2 is 1.94 bits per heavy atom. The molecule has 158 valence electrons. The lowest BCUT2D eigenvalue weighted by Crippen LogP contribution is -2.37. The van der Waals surface area contributed by atoms with E-state index in [1.807, 2.05) is 56.3 Å². The summed E-state index contributed by atoms with van der Waals surface area (Å²) in [4.78, 5) is 32.8. The number of carbonyl (C=O) groups is 2. The summed E-state index contributed by atoms with van der Waals surface area (Å²) in [5.74, 6) is 0.574. The van der Waals surface area contributed by atoms with Gasteiger partial charge in [0.15, 0.2) is 0 Å². The standard InChI is InChI=1S/C24H23N3O3S/c1-15(2)27-20-11-8-17(26-22(28)13-16-6-9-18(30-3)10-7-16)14-21(20)31-23-19(24(27)29)5-4-12-25-23/h4-12,14-15H,13H2,1-3H3,(H,26,28). The van der Waals surface area contributed by atoms with Gasteiger partial charge in [-0.15, -0.1) is 0 Å². The minimum absolute atomic E-state index is 0.0199. The molecule has 1 N–H and O–H groups in total. The van der Waals surface area contributed by atoms with Crippen LogP contribution < -0.4 is 15.0 Å². The average molecular weight is 434 g/mol. The highest BCUT2D eigenvalue weighted by Crippen LogP contribution is 2.42. The zero-order chi connectivity index (χ0) is 22.0. The van der Waals surface area contributed by atoms with Crippen molar-refractivity contribution >= 4 is 35.0 Å². The zero-order valence-electron chi connectivity index (χ0n) is 17.6. The molecule has 3 aromatic rings. The van der Waals surface area contributed by atoms with Gasteiger partial charge in [0, 0.05) is 22.8 Å². The molecule has 31 heavy (non-hydrogen) atoms. The number of benzene rings is 2. The highest BCUT2D eigenvalue weighted by molar-refractivity contribution is 7.99. The topological polar surface area (TPSA) is 71.5 Å². The van der Waals surface area contributed by atoms with Crippen LogP contribution in [0.4, 0.5) is 11.4 Å². The maximum atomic E-state index is 13.1. The number of amides is 2. The van der Waals surface area contributed by atoms with E-state index in [0.29, 0.717) is 16.3 Å². The number of aromatic nitrogens is 1. The van der Waals surface area contributed by atoms with Crippen LogP contribution in [0.5, 0.6) is 5.75 Å². The van der Waals surface area contributed by atoms with Crippen molar-refractivity contribution in [2.45, 2.75) is 36.2 Å². The summed E-state index contributed by atoms with van der Waals surface area (Å²) in [6.45, 7) is 3.97. The highest BCUT2D eigenvalue weighted by atomic mass is 32.2. The summed E-state index contributed by atoms with van der Waals surface area (Å²) in [5, 5.41) is 3.63. The number of methoxy groups -OCH3 is 1. The van der Waals surface area contributed by atoms with Gasteiger partial charge >= 0.3 is 0 Å². The van der Waals surface area contributed by atoms with Crippen molar-refractivity contribution in [3.05, 3.63) is 71.9 Å². The molecule has 0 spiro atoms. The van der Waals surface area contributed by atoms with E-state index in [1.165, 1.54) is 11.8 Å². The second-order valence-corrected chi connectivity index (χ2v) is 8.51. The van der Waals surface area contributed by atoms with Crippen LogP contribution in [0.25, 0.3) is 0 Å². The number of hydrogen-bond acceptors (Lipinski definition) is 5. The maximum Gasteiger partial charge on any atom is 0.261 e. The minimum Gasteiger partial charge on any atom is -0.497 e. The third kappa shape index (κ3) is 4.41. The van der Waals surface area contributed by atoms with E-state index in [2.05, 4.69) is 10.3 Å². The number of nitrogens with zero attached hydrogens (tertiary/aromatic N) is 2. The first-order valence-electron chi connectivity index (χ1n) is 9.99. The number of carbonyl (C=O) groups excluding carboxylic acids is 2. The van der Waals surface area contributed by atoms with E-state index in [1.54, 1.807) is 30.3 Å². The predicted molar refractivity (Wildman–Crippen MR) is 122 cm³/mol. The van der Waals surface area contributed by atoms with Crippen LogP contribution in [0.2, 0.25) is 0 Å². The van der Waals surface area contributed by atoms with E-state index in [9.17, 15) is 9.59 Å². The number of ether oxygens (including phenoxy) is 1. The van der Waals surface area contributed by atoms with Crippen molar-refractivity contribution in [2.75, 3.05) is 17.3 Å². The van der Waals surface area contributed by atoms with Gasteiger partial charge in [0.25, 0.3) is 5.91 Å². The Balaban J connectivity index is 1.59. The molecular weight excluding hydrogens is 410 g/mol. The number of hydrogen-bond donors (Lipinski definition) is 1. The number of fused-ring (bicyclic) bond motifs is 2. The zero-order valence-corrected chi connectivity index (χ0v) is 18.4. The third-order valence-electron chi connectivity index (χ3n) is 4.97. The smallest absolute Gasteiger partial charge is 0.261 e. The fraction of sp³-hybridized carbons (Fsp3) is 0.208. The van der Waals surface area contributed by atoms with Crippen LogP contribution in [0.15, 0.2) is 70.7 Å². The second kappa shape index (κ2) is 8.81. The van der Waals surface area contributed by atoms with Gasteiger partial charge in [-0.25, -0.2) is 4.98 Å². The van der Waals surface area contributed by atoms with Gasteiger partial charge in [0.2, 0.25) is 5.91 Å². The summed E-state index contributed by atoms with van der Waals surface area (Å²) in [6, 6.07) is 16.6. The molecule has 0 radical (unpaired) electrons. The van der Waals surface area contributed by atoms with Crippen molar-refractivity contribution < 1.29 is 14.3 Å². The molecule has 6 nitrogen and oxygen atoms in total. The third-order valence-corrected chi connectivity index (χ3v) is 6.04. The Labute approximate surface area is 185 Å². The van der Waals surface area contributed by atoms with Crippen molar-refractivity contribution in [3.8, 4) is 5.75 Å². The van der Waals surface area contributed by atoms with Crippen LogP contribution in [0, 0.1) is 0 Å². The SMILES string of the molecule is COc1ccc(CC(=O)Nc2ccc3c(c2)Sc2ncccc2C(=O)N3C(C)C)cc1. The number of rotatable bonds is 5. The Morgan fingerprint density at radius 3 is 2.65 bits per heavy atom. The summed E-state index contributed by atoms with van der Waals surface area (Å²) < 4.78 is 5.15. The number of nitrogens with one attached hydrogen (secondary N) is 1. The van der Waals surface area contributed by atoms with Crippen molar-refractivity contribution in [1.29, 1.82) is 0 Å². The van der Waals surface area contributed by atoms with Gasteiger partial charge in [0.05, 0.1) is 24.8 Å². The molecule has 0 unspecified atom stereocenters. The molecule has 7 heteroatoms. The number of pyridine rings is 1. The molecule has 0 atom stereocenters. The molecule has 0 aliphatic carbocycles. The van der Waals surface area contributed by atoms with Crippen molar-refractivity contribution in [1.82, 2.24) is 4.98 Å². The summed E-state index contributed by atoms with van der Waals surface area (Å²) in [6.07, 6.45) is 1.94. The van der Waals surface area contributed by atoms with Gasteiger partial charge in [-0.3, -0.25) is 9.59 Å². The highest BCUT2D eigenvalue weighted by Gasteiger charge is 2.29. The largest absolute Gasteiger partial charge is 0.497 e.